The van der Waals surface area contributed by atoms with E-state index in [0.717, 1.165) is 12.8 Å². The summed E-state index contributed by atoms with van der Waals surface area (Å²) < 4.78 is 0. The summed E-state index contributed by atoms with van der Waals surface area (Å²) in [5, 5.41) is 6.16. The lowest BCUT2D eigenvalue weighted by Crippen LogP contribution is -2.47. The van der Waals surface area contributed by atoms with Crippen LogP contribution >= 0.6 is 0 Å². The van der Waals surface area contributed by atoms with E-state index in [1.807, 2.05) is 13.8 Å². The Bertz CT molecular complexity index is 188. The van der Waals surface area contributed by atoms with Crippen molar-refractivity contribution in [1.82, 2.24) is 10.6 Å². The molecule has 3 nitrogen and oxygen atoms in total. The van der Waals surface area contributed by atoms with Crippen LogP contribution in [0.1, 0.15) is 53.9 Å². The zero-order valence-electron chi connectivity index (χ0n) is 10.8. The van der Waals surface area contributed by atoms with Gasteiger partial charge in [-0.3, -0.25) is 4.79 Å². The molecule has 0 aromatic rings. The van der Waals surface area contributed by atoms with E-state index in [0.29, 0.717) is 12.6 Å². The van der Waals surface area contributed by atoms with Gasteiger partial charge in [0, 0.05) is 11.6 Å². The molecule has 0 atom stereocenters. The molecule has 0 aromatic carbocycles. The highest BCUT2D eigenvalue weighted by atomic mass is 16.2. The maximum atomic E-state index is 11.6. The lowest BCUT2D eigenvalue weighted by molar-refractivity contribution is -0.122. The highest BCUT2D eigenvalue weighted by Crippen LogP contribution is 2.12. The number of amides is 1. The quantitative estimate of drug-likeness (QED) is 0.681. The van der Waals surface area contributed by atoms with Crippen LogP contribution in [0.25, 0.3) is 0 Å². The standard InChI is InChI=1S/C12H26N2O/c1-6-7-8-12(4,5)14-11(15)9-13-10(2)3/h10,13H,6-9H2,1-5H3,(H,14,15). The van der Waals surface area contributed by atoms with Gasteiger partial charge in [0.2, 0.25) is 5.91 Å². The van der Waals surface area contributed by atoms with Gasteiger partial charge >= 0.3 is 0 Å². The predicted octanol–water partition coefficient (Wildman–Crippen LogP) is 2.07. The van der Waals surface area contributed by atoms with Crippen molar-refractivity contribution in [1.29, 1.82) is 0 Å². The van der Waals surface area contributed by atoms with E-state index < -0.39 is 0 Å². The molecule has 0 unspecified atom stereocenters. The molecule has 0 aromatic heterocycles. The number of hydrogen-bond donors (Lipinski definition) is 2. The third-order valence-corrected chi connectivity index (χ3v) is 2.30. The van der Waals surface area contributed by atoms with Crippen LogP contribution in [0.15, 0.2) is 0 Å². The van der Waals surface area contributed by atoms with Crippen LogP contribution in [0.2, 0.25) is 0 Å². The Labute approximate surface area is 94.0 Å². The van der Waals surface area contributed by atoms with Gasteiger partial charge in [0.15, 0.2) is 0 Å². The summed E-state index contributed by atoms with van der Waals surface area (Å²) >= 11 is 0. The highest BCUT2D eigenvalue weighted by Gasteiger charge is 2.19. The Morgan fingerprint density at radius 1 is 1.33 bits per heavy atom. The molecule has 0 radical (unpaired) electrons. The summed E-state index contributed by atoms with van der Waals surface area (Å²) in [4.78, 5) is 11.6. The highest BCUT2D eigenvalue weighted by molar-refractivity contribution is 5.78. The number of nitrogens with one attached hydrogen (secondary N) is 2. The molecular formula is C12H26N2O. The SMILES string of the molecule is CCCCC(C)(C)NC(=O)CNC(C)C. The largest absolute Gasteiger partial charge is 0.350 e. The van der Waals surface area contributed by atoms with Crippen molar-refractivity contribution in [2.75, 3.05) is 6.54 Å². The van der Waals surface area contributed by atoms with Crippen molar-refractivity contribution in [3.05, 3.63) is 0 Å². The summed E-state index contributed by atoms with van der Waals surface area (Å²) in [6.07, 6.45) is 3.37. The Morgan fingerprint density at radius 2 is 1.93 bits per heavy atom. The van der Waals surface area contributed by atoms with Crippen LogP contribution in [0, 0.1) is 0 Å². The maximum absolute atomic E-state index is 11.6. The molecule has 15 heavy (non-hydrogen) atoms. The second-order valence-corrected chi connectivity index (χ2v) is 5.07. The number of unbranched alkanes of at least 4 members (excludes halogenated alkanes) is 1. The Balaban J connectivity index is 3.82. The molecule has 0 heterocycles. The van der Waals surface area contributed by atoms with Crippen molar-refractivity contribution in [3.63, 3.8) is 0 Å². The summed E-state index contributed by atoms with van der Waals surface area (Å²) in [6, 6.07) is 0.356. The van der Waals surface area contributed by atoms with Crippen molar-refractivity contribution in [2.24, 2.45) is 0 Å². The molecule has 90 valence electrons. The van der Waals surface area contributed by atoms with Gasteiger partial charge in [0.1, 0.15) is 0 Å². The minimum absolute atomic E-state index is 0.0776. The molecule has 0 spiro atoms. The lowest BCUT2D eigenvalue weighted by atomic mass is 9.97. The van der Waals surface area contributed by atoms with Crippen LogP contribution in [-0.4, -0.2) is 24.0 Å². The van der Waals surface area contributed by atoms with E-state index in [4.69, 9.17) is 0 Å². The zero-order valence-corrected chi connectivity index (χ0v) is 10.8. The molecule has 0 aliphatic heterocycles. The first kappa shape index (κ1) is 14.4. The van der Waals surface area contributed by atoms with E-state index in [1.165, 1.54) is 6.42 Å². The number of hydrogen-bond acceptors (Lipinski definition) is 2. The fourth-order valence-corrected chi connectivity index (χ4v) is 1.40. The molecule has 0 saturated carbocycles. The van der Waals surface area contributed by atoms with Crippen molar-refractivity contribution < 1.29 is 4.79 Å². The molecule has 0 aliphatic rings. The van der Waals surface area contributed by atoms with E-state index in [2.05, 4.69) is 31.4 Å². The van der Waals surface area contributed by atoms with Gasteiger partial charge in [-0.15, -0.1) is 0 Å². The Hall–Kier alpha value is -0.570. The van der Waals surface area contributed by atoms with Gasteiger partial charge in [-0.05, 0) is 20.3 Å². The third-order valence-electron chi connectivity index (χ3n) is 2.30. The number of carbonyl (C=O) groups is 1. The number of carbonyl (C=O) groups excluding carboxylic acids is 1. The number of rotatable bonds is 7. The molecule has 1 amide bonds. The molecule has 0 rings (SSSR count). The Kier molecular flexibility index (Phi) is 6.57. The second kappa shape index (κ2) is 6.83. The van der Waals surface area contributed by atoms with Crippen LogP contribution in [-0.2, 0) is 4.79 Å². The second-order valence-electron chi connectivity index (χ2n) is 5.07. The molecule has 2 N–H and O–H groups in total. The van der Waals surface area contributed by atoms with E-state index in [-0.39, 0.29) is 11.4 Å². The van der Waals surface area contributed by atoms with Gasteiger partial charge in [0.25, 0.3) is 0 Å². The summed E-state index contributed by atoms with van der Waals surface area (Å²) in [5.74, 6) is 0.0878. The fraction of sp³-hybridized carbons (Fsp3) is 0.917. The monoisotopic (exact) mass is 214 g/mol. The summed E-state index contributed by atoms with van der Waals surface area (Å²) in [6.45, 7) is 10.8. The van der Waals surface area contributed by atoms with Crippen LogP contribution in [0.5, 0.6) is 0 Å². The first-order valence-corrected chi connectivity index (χ1v) is 5.92. The lowest BCUT2D eigenvalue weighted by Gasteiger charge is -2.26. The first-order valence-electron chi connectivity index (χ1n) is 5.92. The molecule has 3 heteroatoms. The van der Waals surface area contributed by atoms with Crippen molar-refractivity contribution in [3.8, 4) is 0 Å². The molecule has 0 aliphatic carbocycles. The van der Waals surface area contributed by atoms with E-state index >= 15 is 0 Å². The van der Waals surface area contributed by atoms with Crippen LogP contribution < -0.4 is 10.6 Å². The molecule has 0 saturated heterocycles. The average Bonchev–Trinajstić information content (AvgIpc) is 2.11. The van der Waals surface area contributed by atoms with Gasteiger partial charge in [-0.2, -0.15) is 0 Å². The van der Waals surface area contributed by atoms with Gasteiger partial charge in [0.05, 0.1) is 6.54 Å². The van der Waals surface area contributed by atoms with Gasteiger partial charge in [-0.25, -0.2) is 0 Å². The topological polar surface area (TPSA) is 41.1 Å². The first-order chi connectivity index (χ1) is 6.87. The Morgan fingerprint density at radius 3 is 2.40 bits per heavy atom. The minimum Gasteiger partial charge on any atom is -0.350 e. The molecule has 0 fully saturated rings. The van der Waals surface area contributed by atoms with Crippen LogP contribution in [0.4, 0.5) is 0 Å². The minimum atomic E-state index is -0.0776. The van der Waals surface area contributed by atoms with Crippen molar-refractivity contribution in [2.45, 2.75) is 65.5 Å². The van der Waals surface area contributed by atoms with Gasteiger partial charge in [-0.1, -0.05) is 33.6 Å². The van der Waals surface area contributed by atoms with Crippen LogP contribution in [0.3, 0.4) is 0 Å². The van der Waals surface area contributed by atoms with E-state index in [1.54, 1.807) is 0 Å². The normalized spacial score (nSPS) is 11.9. The smallest absolute Gasteiger partial charge is 0.234 e. The van der Waals surface area contributed by atoms with Crippen molar-refractivity contribution >= 4 is 5.91 Å². The summed E-state index contributed by atoms with van der Waals surface area (Å²) in [7, 11) is 0. The molecular weight excluding hydrogens is 188 g/mol. The fourth-order valence-electron chi connectivity index (χ4n) is 1.40. The predicted molar refractivity (Wildman–Crippen MR) is 64.9 cm³/mol. The molecule has 0 bridgehead atoms. The average molecular weight is 214 g/mol. The zero-order chi connectivity index (χ0) is 11.9. The maximum Gasteiger partial charge on any atom is 0.234 e. The summed E-state index contributed by atoms with van der Waals surface area (Å²) in [5.41, 5.74) is -0.0776. The third kappa shape index (κ3) is 8.43. The van der Waals surface area contributed by atoms with E-state index in [9.17, 15) is 4.79 Å². The van der Waals surface area contributed by atoms with Gasteiger partial charge < -0.3 is 10.6 Å².